The monoisotopic (exact) mass is 264 g/mol. The van der Waals surface area contributed by atoms with Crippen LogP contribution in [0.25, 0.3) is 0 Å². The minimum Gasteiger partial charge on any atom is -0.369 e. The van der Waals surface area contributed by atoms with Crippen molar-refractivity contribution < 1.29 is 4.79 Å². The van der Waals surface area contributed by atoms with Gasteiger partial charge in [-0.1, -0.05) is 44.3 Å². The second-order valence-electron chi connectivity index (χ2n) is 6.16. The lowest BCUT2D eigenvalue weighted by Crippen LogP contribution is -2.42. The van der Waals surface area contributed by atoms with Gasteiger partial charge in [-0.3, -0.25) is 9.69 Å². The lowest BCUT2D eigenvalue weighted by molar-refractivity contribution is -0.119. The zero-order chi connectivity index (χ0) is 13.5. The number of nitrogens with two attached hydrogens (primary N) is 1. The fourth-order valence-electron chi connectivity index (χ4n) is 3.49. The topological polar surface area (TPSA) is 46.3 Å². The summed E-state index contributed by atoms with van der Waals surface area (Å²) in [6.07, 6.45) is 16.3. The van der Waals surface area contributed by atoms with Gasteiger partial charge in [-0.25, -0.2) is 0 Å². The summed E-state index contributed by atoms with van der Waals surface area (Å²) < 4.78 is 0. The van der Waals surface area contributed by atoms with Crippen LogP contribution in [0.2, 0.25) is 0 Å². The highest BCUT2D eigenvalue weighted by Crippen LogP contribution is 2.27. The van der Waals surface area contributed by atoms with Gasteiger partial charge in [0, 0.05) is 6.04 Å². The molecular weight excluding hydrogens is 236 g/mol. The number of nitrogens with zero attached hydrogens (tertiary/aromatic N) is 1. The molecular formula is C16H28N2O. The van der Waals surface area contributed by atoms with E-state index in [9.17, 15) is 4.79 Å². The highest BCUT2D eigenvalue weighted by Gasteiger charge is 2.21. The molecule has 0 aromatic heterocycles. The van der Waals surface area contributed by atoms with Crippen LogP contribution in [0.3, 0.4) is 0 Å². The summed E-state index contributed by atoms with van der Waals surface area (Å²) in [6.45, 7) is 1.45. The first-order valence-corrected chi connectivity index (χ1v) is 7.94. The molecule has 0 spiro atoms. The van der Waals surface area contributed by atoms with Crippen molar-refractivity contribution in [2.45, 2.75) is 63.8 Å². The molecule has 2 aliphatic rings. The number of hydrogen-bond donors (Lipinski definition) is 1. The minimum atomic E-state index is -0.192. The zero-order valence-corrected chi connectivity index (χ0v) is 12.0. The Bertz CT molecular complexity index is 308. The van der Waals surface area contributed by atoms with E-state index in [0.717, 1.165) is 12.5 Å². The maximum Gasteiger partial charge on any atom is 0.231 e. The smallest absolute Gasteiger partial charge is 0.231 e. The third-order valence-corrected chi connectivity index (χ3v) is 4.61. The molecule has 0 aliphatic heterocycles. The van der Waals surface area contributed by atoms with Crippen molar-refractivity contribution in [1.29, 1.82) is 0 Å². The Hall–Kier alpha value is -0.830. The van der Waals surface area contributed by atoms with Crippen LogP contribution < -0.4 is 5.73 Å². The average Bonchev–Trinajstić information content (AvgIpc) is 2.45. The normalized spacial score (nSPS) is 24.8. The molecule has 0 aromatic rings. The Balaban J connectivity index is 1.83. The molecule has 0 bridgehead atoms. The molecule has 2 aliphatic carbocycles. The van der Waals surface area contributed by atoms with Gasteiger partial charge in [0.05, 0.1) is 6.54 Å². The van der Waals surface area contributed by atoms with Crippen molar-refractivity contribution in [1.82, 2.24) is 4.90 Å². The Kier molecular flexibility index (Phi) is 5.90. The van der Waals surface area contributed by atoms with Crippen LogP contribution in [0, 0.1) is 5.92 Å². The van der Waals surface area contributed by atoms with E-state index in [1.54, 1.807) is 0 Å². The van der Waals surface area contributed by atoms with Crippen LogP contribution in [0.15, 0.2) is 12.2 Å². The predicted octanol–water partition coefficient (Wildman–Crippen LogP) is 2.85. The summed E-state index contributed by atoms with van der Waals surface area (Å²) in [5, 5.41) is 0. The van der Waals surface area contributed by atoms with Crippen LogP contribution in [0.1, 0.15) is 57.8 Å². The van der Waals surface area contributed by atoms with Gasteiger partial charge >= 0.3 is 0 Å². The van der Waals surface area contributed by atoms with Crippen molar-refractivity contribution >= 4 is 5.91 Å². The molecule has 0 heterocycles. The number of primary amides is 1. The van der Waals surface area contributed by atoms with E-state index in [0.29, 0.717) is 12.6 Å². The molecule has 1 fully saturated rings. The predicted molar refractivity (Wildman–Crippen MR) is 78.7 cm³/mol. The van der Waals surface area contributed by atoms with E-state index in [4.69, 9.17) is 5.73 Å². The molecule has 0 radical (unpaired) electrons. The fraction of sp³-hybridized carbons (Fsp3) is 0.812. The molecule has 2 rings (SSSR count). The summed E-state index contributed by atoms with van der Waals surface area (Å²) in [6, 6.07) is 0.435. The van der Waals surface area contributed by atoms with E-state index in [1.807, 2.05) is 0 Å². The highest BCUT2D eigenvalue weighted by molar-refractivity contribution is 5.76. The second-order valence-corrected chi connectivity index (χ2v) is 6.16. The molecule has 0 aromatic carbocycles. The Labute approximate surface area is 117 Å². The highest BCUT2D eigenvalue weighted by atomic mass is 16.1. The van der Waals surface area contributed by atoms with E-state index in [-0.39, 0.29) is 5.91 Å². The number of carbonyl (C=O) groups excluding carboxylic acids is 1. The Morgan fingerprint density at radius 2 is 1.95 bits per heavy atom. The van der Waals surface area contributed by atoms with Crippen LogP contribution in [0.5, 0.6) is 0 Å². The third-order valence-electron chi connectivity index (χ3n) is 4.61. The van der Waals surface area contributed by atoms with Crippen molar-refractivity contribution in [3.05, 3.63) is 12.2 Å². The van der Waals surface area contributed by atoms with E-state index in [1.165, 1.54) is 57.8 Å². The largest absolute Gasteiger partial charge is 0.369 e. The molecule has 1 atom stereocenters. The maximum absolute atomic E-state index is 11.3. The van der Waals surface area contributed by atoms with Gasteiger partial charge in [0.1, 0.15) is 0 Å². The van der Waals surface area contributed by atoms with Gasteiger partial charge in [-0.15, -0.1) is 0 Å². The molecule has 19 heavy (non-hydrogen) atoms. The fourth-order valence-corrected chi connectivity index (χ4v) is 3.49. The Morgan fingerprint density at radius 3 is 2.58 bits per heavy atom. The maximum atomic E-state index is 11.3. The van der Waals surface area contributed by atoms with Gasteiger partial charge in [0.25, 0.3) is 0 Å². The van der Waals surface area contributed by atoms with Crippen molar-refractivity contribution in [2.75, 3.05) is 13.1 Å². The van der Waals surface area contributed by atoms with Crippen molar-refractivity contribution in [2.24, 2.45) is 11.7 Å². The molecule has 2 N–H and O–H groups in total. The minimum absolute atomic E-state index is 0.192. The van der Waals surface area contributed by atoms with E-state index >= 15 is 0 Å². The molecule has 1 amide bonds. The van der Waals surface area contributed by atoms with Crippen LogP contribution in [-0.2, 0) is 4.79 Å². The third kappa shape index (κ3) is 4.98. The van der Waals surface area contributed by atoms with E-state index < -0.39 is 0 Å². The number of allylic oxidation sites excluding steroid dienone is 1. The van der Waals surface area contributed by atoms with Crippen LogP contribution in [0.4, 0.5) is 0 Å². The van der Waals surface area contributed by atoms with Gasteiger partial charge in [0.15, 0.2) is 0 Å². The molecule has 0 saturated heterocycles. The first-order chi connectivity index (χ1) is 9.25. The summed E-state index contributed by atoms with van der Waals surface area (Å²) >= 11 is 0. The van der Waals surface area contributed by atoms with E-state index in [2.05, 4.69) is 17.1 Å². The molecule has 1 unspecified atom stereocenters. The summed E-state index contributed by atoms with van der Waals surface area (Å²) in [5.41, 5.74) is 5.40. The number of carbonyl (C=O) groups is 1. The standard InChI is InChI=1S/C16H28N2O/c17-16(19)13-18(15-9-5-2-6-10-15)12-11-14-7-3-1-4-8-14/h5,9,14-15H,1-4,6-8,10-13H2,(H2,17,19). The van der Waals surface area contributed by atoms with Gasteiger partial charge in [0.2, 0.25) is 5.91 Å². The van der Waals surface area contributed by atoms with Crippen molar-refractivity contribution in [3.8, 4) is 0 Å². The zero-order valence-electron chi connectivity index (χ0n) is 12.0. The summed E-state index contributed by atoms with van der Waals surface area (Å²) in [5.74, 6) is 0.680. The molecule has 3 heteroatoms. The lowest BCUT2D eigenvalue weighted by atomic mass is 9.86. The summed E-state index contributed by atoms with van der Waals surface area (Å²) in [4.78, 5) is 13.6. The molecule has 3 nitrogen and oxygen atoms in total. The molecule has 1 saturated carbocycles. The number of hydrogen-bond acceptors (Lipinski definition) is 2. The molecule has 108 valence electrons. The first kappa shape index (κ1) is 14.6. The lowest BCUT2D eigenvalue weighted by Gasteiger charge is -2.32. The van der Waals surface area contributed by atoms with Crippen LogP contribution >= 0.6 is 0 Å². The number of rotatable bonds is 6. The van der Waals surface area contributed by atoms with Gasteiger partial charge in [-0.2, -0.15) is 0 Å². The second kappa shape index (κ2) is 7.68. The van der Waals surface area contributed by atoms with Crippen LogP contribution in [-0.4, -0.2) is 29.9 Å². The van der Waals surface area contributed by atoms with Crippen molar-refractivity contribution in [3.63, 3.8) is 0 Å². The number of amides is 1. The SMILES string of the molecule is NC(=O)CN(CCC1CCCCC1)C1C=CCCC1. The quantitative estimate of drug-likeness (QED) is 0.750. The Morgan fingerprint density at radius 1 is 1.16 bits per heavy atom. The van der Waals surface area contributed by atoms with Gasteiger partial charge < -0.3 is 5.73 Å². The summed E-state index contributed by atoms with van der Waals surface area (Å²) in [7, 11) is 0. The average molecular weight is 264 g/mol. The van der Waals surface area contributed by atoms with Gasteiger partial charge in [-0.05, 0) is 38.1 Å². The first-order valence-electron chi connectivity index (χ1n) is 7.94.